The van der Waals surface area contributed by atoms with Gasteiger partial charge >= 0.3 is 0 Å². The molecule has 1 saturated heterocycles. The number of ether oxygens (including phenoxy) is 2. The van der Waals surface area contributed by atoms with Crippen molar-refractivity contribution in [3.05, 3.63) is 54.3 Å². The van der Waals surface area contributed by atoms with Crippen LogP contribution in [0.1, 0.15) is 19.3 Å². The third kappa shape index (κ3) is 5.77. The molecule has 2 aromatic rings. The van der Waals surface area contributed by atoms with Crippen molar-refractivity contribution in [2.45, 2.75) is 19.3 Å². The van der Waals surface area contributed by atoms with Crippen molar-refractivity contribution in [1.82, 2.24) is 4.90 Å². The van der Waals surface area contributed by atoms with Gasteiger partial charge in [-0.3, -0.25) is 9.59 Å². The normalized spacial score (nSPS) is 14.5. The second kappa shape index (κ2) is 10.0. The van der Waals surface area contributed by atoms with Gasteiger partial charge in [-0.2, -0.15) is 0 Å². The molecule has 0 atom stereocenters. The lowest BCUT2D eigenvalue weighted by Crippen LogP contribution is -2.41. The smallest absolute Gasteiger partial charge is 0.227 e. The van der Waals surface area contributed by atoms with E-state index in [4.69, 9.17) is 9.47 Å². The molecule has 29 heavy (non-hydrogen) atoms. The van der Waals surface area contributed by atoms with Gasteiger partial charge in [0.15, 0.2) is 11.6 Å². The Morgan fingerprint density at radius 3 is 2.45 bits per heavy atom. The molecule has 0 aromatic heterocycles. The fraction of sp³-hybridized carbons (Fsp3) is 0.364. The number of rotatable bonds is 7. The maximum Gasteiger partial charge on any atom is 0.227 e. The van der Waals surface area contributed by atoms with Crippen LogP contribution in [0.4, 0.5) is 10.1 Å². The van der Waals surface area contributed by atoms with E-state index in [-0.39, 0.29) is 23.5 Å². The highest BCUT2D eigenvalue weighted by molar-refractivity contribution is 5.92. The average Bonchev–Trinajstić information content (AvgIpc) is 2.75. The van der Waals surface area contributed by atoms with Crippen LogP contribution in [-0.2, 0) is 14.3 Å². The summed E-state index contributed by atoms with van der Waals surface area (Å²) in [6.45, 7) is 1.57. The molecule has 2 amide bonds. The van der Waals surface area contributed by atoms with E-state index < -0.39 is 5.82 Å². The number of methoxy groups -OCH3 is 1. The molecule has 6 nitrogen and oxygen atoms in total. The first kappa shape index (κ1) is 20.8. The predicted octanol–water partition coefficient (Wildman–Crippen LogP) is 3.83. The Morgan fingerprint density at radius 1 is 1.10 bits per heavy atom. The van der Waals surface area contributed by atoms with Gasteiger partial charge in [-0.25, -0.2) is 4.39 Å². The lowest BCUT2D eigenvalue weighted by Gasteiger charge is -2.31. The fourth-order valence-electron chi connectivity index (χ4n) is 3.24. The standard InChI is InChI=1S/C22H25FN2O4/c1-28-15-12-21(26)25-13-10-16(11-14-25)22(27)24-17-6-8-18(9-7-17)29-20-5-3-2-4-19(20)23/h2-9,16H,10-15H2,1H3,(H,24,27). The summed E-state index contributed by atoms with van der Waals surface area (Å²) in [5.41, 5.74) is 0.648. The van der Waals surface area contributed by atoms with Crippen molar-refractivity contribution < 1.29 is 23.5 Å². The van der Waals surface area contributed by atoms with Crippen LogP contribution in [-0.4, -0.2) is 43.5 Å². The Morgan fingerprint density at radius 2 is 1.79 bits per heavy atom. The van der Waals surface area contributed by atoms with Crippen LogP contribution in [0.2, 0.25) is 0 Å². The Kier molecular flexibility index (Phi) is 7.19. The molecule has 1 N–H and O–H groups in total. The molecule has 0 saturated carbocycles. The molecule has 1 aliphatic heterocycles. The van der Waals surface area contributed by atoms with Crippen molar-refractivity contribution >= 4 is 17.5 Å². The third-order valence-electron chi connectivity index (χ3n) is 4.92. The Labute approximate surface area is 169 Å². The van der Waals surface area contributed by atoms with Gasteiger partial charge in [0.05, 0.1) is 13.0 Å². The number of piperidine rings is 1. The first-order valence-electron chi connectivity index (χ1n) is 9.67. The molecular weight excluding hydrogens is 375 g/mol. The first-order valence-corrected chi connectivity index (χ1v) is 9.67. The zero-order valence-corrected chi connectivity index (χ0v) is 16.4. The summed E-state index contributed by atoms with van der Waals surface area (Å²) < 4.78 is 24.1. The molecule has 0 unspecified atom stereocenters. The molecule has 0 bridgehead atoms. The second-order valence-corrected chi connectivity index (χ2v) is 6.94. The third-order valence-corrected chi connectivity index (χ3v) is 4.92. The fourth-order valence-corrected chi connectivity index (χ4v) is 3.24. The Hall–Kier alpha value is -2.93. The maximum atomic E-state index is 13.7. The minimum Gasteiger partial charge on any atom is -0.454 e. The van der Waals surface area contributed by atoms with E-state index in [1.807, 2.05) is 0 Å². The predicted molar refractivity (Wildman–Crippen MR) is 107 cm³/mol. The highest BCUT2D eigenvalue weighted by atomic mass is 19.1. The topological polar surface area (TPSA) is 67.9 Å². The molecule has 1 fully saturated rings. The summed E-state index contributed by atoms with van der Waals surface area (Å²) in [5.74, 6) is 0.0766. The maximum absolute atomic E-state index is 13.7. The Balaban J connectivity index is 1.49. The number of carbonyl (C=O) groups is 2. The number of amides is 2. The molecule has 0 spiro atoms. The van der Waals surface area contributed by atoms with Gasteiger partial charge in [0.25, 0.3) is 0 Å². The van der Waals surface area contributed by atoms with Crippen LogP contribution in [0.15, 0.2) is 48.5 Å². The number of hydrogen-bond donors (Lipinski definition) is 1. The molecule has 1 aliphatic rings. The van der Waals surface area contributed by atoms with Crippen molar-refractivity contribution in [2.75, 3.05) is 32.1 Å². The summed E-state index contributed by atoms with van der Waals surface area (Å²) in [6.07, 6.45) is 1.65. The number of nitrogens with zero attached hydrogens (tertiary/aromatic N) is 1. The van der Waals surface area contributed by atoms with Crippen LogP contribution < -0.4 is 10.1 Å². The summed E-state index contributed by atoms with van der Waals surface area (Å²) >= 11 is 0. The lowest BCUT2D eigenvalue weighted by atomic mass is 9.95. The van der Waals surface area contributed by atoms with Crippen LogP contribution in [0.25, 0.3) is 0 Å². The molecule has 1 heterocycles. The largest absolute Gasteiger partial charge is 0.454 e. The number of nitrogens with one attached hydrogen (secondary N) is 1. The van der Waals surface area contributed by atoms with Gasteiger partial charge in [0.2, 0.25) is 11.8 Å². The van der Waals surface area contributed by atoms with Crippen LogP contribution in [0.3, 0.4) is 0 Å². The van der Waals surface area contributed by atoms with E-state index in [1.54, 1.807) is 54.5 Å². The molecule has 3 rings (SSSR count). The number of hydrogen-bond acceptors (Lipinski definition) is 4. The minimum absolute atomic E-state index is 0.0586. The van der Waals surface area contributed by atoms with Crippen LogP contribution >= 0.6 is 0 Å². The zero-order chi connectivity index (χ0) is 20.6. The number of benzene rings is 2. The van der Waals surface area contributed by atoms with E-state index in [1.165, 1.54) is 6.07 Å². The zero-order valence-electron chi connectivity index (χ0n) is 16.4. The van der Waals surface area contributed by atoms with Gasteiger partial charge < -0.3 is 19.7 Å². The SMILES string of the molecule is COCCC(=O)N1CCC(C(=O)Nc2ccc(Oc3ccccc3F)cc2)CC1. The van der Waals surface area contributed by atoms with Gasteiger partial charge in [0.1, 0.15) is 5.75 Å². The molecule has 0 radical (unpaired) electrons. The van der Waals surface area contributed by atoms with Gasteiger partial charge in [-0.1, -0.05) is 12.1 Å². The van der Waals surface area contributed by atoms with Crippen molar-refractivity contribution in [1.29, 1.82) is 0 Å². The monoisotopic (exact) mass is 400 g/mol. The van der Waals surface area contributed by atoms with E-state index in [2.05, 4.69) is 5.32 Å². The van der Waals surface area contributed by atoms with Gasteiger partial charge in [-0.05, 0) is 49.2 Å². The van der Waals surface area contributed by atoms with Crippen molar-refractivity contribution in [2.24, 2.45) is 5.92 Å². The number of halogens is 1. The molecular formula is C22H25FN2O4. The van der Waals surface area contributed by atoms with Crippen LogP contribution in [0, 0.1) is 11.7 Å². The van der Waals surface area contributed by atoms with Gasteiger partial charge in [-0.15, -0.1) is 0 Å². The highest BCUT2D eigenvalue weighted by Crippen LogP contribution is 2.26. The number of likely N-dealkylation sites (tertiary alicyclic amines) is 1. The first-order chi connectivity index (χ1) is 14.1. The molecule has 2 aromatic carbocycles. The average molecular weight is 400 g/mol. The highest BCUT2D eigenvalue weighted by Gasteiger charge is 2.27. The summed E-state index contributed by atoms with van der Waals surface area (Å²) in [4.78, 5) is 26.3. The van der Waals surface area contributed by atoms with Gasteiger partial charge in [0, 0.05) is 31.8 Å². The molecule has 7 heteroatoms. The van der Waals surface area contributed by atoms with E-state index in [0.29, 0.717) is 50.4 Å². The number of anilines is 1. The quantitative estimate of drug-likeness (QED) is 0.767. The molecule has 154 valence electrons. The summed E-state index contributed by atoms with van der Waals surface area (Å²) in [7, 11) is 1.57. The second-order valence-electron chi connectivity index (χ2n) is 6.94. The Bertz CT molecular complexity index is 833. The minimum atomic E-state index is -0.433. The lowest BCUT2D eigenvalue weighted by molar-refractivity contribution is -0.135. The van der Waals surface area contributed by atoms with Crippen molar-refractivity contribution in [3.8, 4) is 11.5 Å². The van der Waals surface area contributed by atoms with E-state index >= 15 is 0 Å². The van der Waals surface area contributed by atoms with E-state index in [9.17, 15) is 14.0 Å². The summed E-state index contributed by atoms with van der Waals surface area (Å²) in [6, 6.07) is 13.0. The molecule has 0 aliphatic carbocycles. The van der Waals surface area contributed by atoms with Crippen LogP contribution in [0.5, 0.6) is 11.5 Å². The summed E-state index contributed by atoms with van der Waals surface area (Å²) in [5, 5.41) is 2.90. The number of carbonyl (C=O) groups excluding carboxylic acids is 2. The number of para-hydroxylation sites is 1. The van der Waals surface area contributed by atoms with Crippen molar-refractivity contribution in [3.63, 3.8) is 0 Å². The van der Waals surface area contributed by atoms with E-state index in [0.717, 1.165) is 0 Å².